The second-order valence-corrected chi connectivity index (χ2v) is 7.29. The Bertz CT molecular complexity index is 708. The van der Waals surface area contributed by atoms with Crippen LogP contribution in [0.25, 0.3) is 0 Å². The number of halogens is 1. The van der Waals surface area contributed by atoms with Crippen molar-refractivity contribution in [2.75, 3.05) is 39.3 Å². The Balaban J connectivity index is 1.46. The van der Waals surface area contributed by atoms with Gasteiger partial charge < -0.3 is 14.7 Å². The van der Waals surface area contributed by atoms with Crippen LogP contribution in [-0.4, -0.2) is 71.7 Å². The highest BCUT2D eigenvalue weighted by atomic mass is 19.1. The molecule has 0 bridgehead atoms. The largest absolute Gasteiger partial charge is 0.342 e. The fourth-order valence-corrected chi connectivity index (χ4v) is 3.81. The zero-order valence-corrected chi connectivity index (χ0v) is 15.7. The molecule has 6 nitrogen and oxygen atoms in total. The Morgan fingerprint density at radius 3 is 2.19 bits per heavy atom. The van der Waals surface area contributed by atoms with E-state index in [-0.39, 0.29) is 35.9 Å². The lowest BCUT2D eigenvalue weighted by molar-refractivity contribution is -0.144. The molecular formula is C20H26FN3O3. The maximum atomic E-state index is 13.3. The van der Waals surface area contributed by atoms with E-state index in [1.54, 1.807) is 28.9 Å². The smallest absolute Gasteiger partial charge is 0.226 e. The van der Waals surface area contributed by atoms with Crippen molar-refractivity contribution < 1.29 is 18.8 Å². The Hall–Kier alpha value is -2.44. The molecule has 0 atom stereocenters. The minimum Gasteiger partial charge on any atom is -0.342 e. The number of carbonyl (C=O) groups excluding carboxylic acids is 3. The second kappa shape index (κ2) is 8.50. The van der Waals surface area contributed by atoms with Crippen molar-refractivity contribution in [3.63, 3.8) is 0 Å². The van der Waals surface area contributed by atoms with Crippen LogP contribution in [0.4, 0.5) is 4.39 Å². The molecule has 3 amide bonds. The summed E-state index contributed by atoms with van der Waals surface area (Å²) in [7, 11) is 0. The van der Waals surface area contributed by atoms with Gasteiger partial charge in [0.15, 0.2) is 0 Å². The first-order valence-corrected chi connectivity index (χ1v) is 9.50. The van der Waals surface area contributed by atoms with Crippen LogP contribution in [-0.2, 0) is 20.8 Å². The number of nitrogens with zero attached hydrogens (tertiary/aromatic N) is 3. The highest BCUT2D eigenvalue weighted by Gasteiger charge is 2.31. The SMILES string of the molecule is CC(=O)N1CCN(C(=O)C2CCN(C(=O)Cc3cccc(F)c3)CC2)CC1. The van der Waals surface area contributed by atoms with Crippen molar-refractivity contribution in [1.82, 2.24) is 14.7 Å². The molecule has 0 aliphatic carbocycles. The first-order valence-electron chi connectivity index (χ1n) is 9.50. The molecule has 0 aromatic heterocycles. The average Bonchev–Trinajstić information content (AvgIpc) is 2.67. The predicted molar refractivity (Wildman–Crippen MR) is 98.2 cm³/mol. The molecular weight excluding hydrogens is 349 g/mol. The Kier molecular flexibility index (Phi) is 6.08. The Morgan fingerprint density at radius 2 is 1.59 bits per heavy atom. The maximum Gasteiger partial charge on any atom is 0.226 e. The topological polar surface area (TPSA) is 60.9 Å². The zero-order valence-electron chi connectivity index (χ0n) is 15.7. The number of carbonyl (C=O) groups is 3. The van der Waals surface area contributed by atoms with Gasteiger partial charge in [-0.2, -0.15) is 0 Å². The van der Waals surface area contributed by atoms with Crippen LogP contribution in [0.2, 0.25) is 0 Å². The Morgan fingerprint density at radius 1 is 0.963 bits per heavy atom. The molecule has 0 unspecified atom stereocenters. The van der Waals surface area contributed by atoms with E-state index in [0.717, 1.165) is 0 Å². The molecule has 2 aliphatic heterocycles. The van der Waals surface area contributed by atoms with Crippen molar-refractivity contribution in [3.8, 4) is 0 Å². The molecule has 2 heterocycles. The maximum absolute atomic E-state index is 13.3. The summed E-state index contributed by atoms with van der Waals surface area (Å²) in [5.41, 5.74) is 0.668. The van der Waals surface area contributed by atoms with Crippen LogP contribution in [0.1, 0.15) is 25.3 Å². The van der Waals surface area contributed by atoms with E-state index >= 15 is 0 Å². The molecule has 2 fully saturated rings. The van der Waals surface area contributed by atoms with Crippen LogP contribution in [0.15, 0.2) is 24.3 Å². The molecule has 0 saturated carbocycles. The number of likely N-dealkylation sites (tertiary alicyclic amines) is 1. The third kappa shape index (κ3) is 4.84. The van der Waals surface area contributed by atoms with Crippen molar-refractivity contribution in [2.45, 2.75) is 26.2 Å². The van der Waals surface area contributed by atoms with Gasteiger partial charge in [0.1, 0.15) is 5.82 Å². The number of amides is 3. The first-order chi connectivity index (χ1) is 12.9. The van der Waals surface area contributed by atoms with Crippen LogP contribution in [0.3, 0.4) is 0 Å². The van der Waals surface area contributed by atoms with E-state index in [1.807, 2.05) is 4.90 Å². The number of hydrogen-bond donors (Lipinski definition) is 0. The van der Waals surface area contributed by atoms with Gasteiger partial charge >= 0.3 is 0 Å². The van der Waals surface area contributed by atoms with Gasteiger partial charge in [-0.05, 0) is 30.5 Å². The summed E-state index contributed by atoms with van der Waals surface area (Å²) < 4.78 is 13.3. The van der Waals surface area contributed by atoms with E-state index in [9.17, 15) is 18.8 Å². The standard InChI is InChI=1S/C20H26FN3O3/c1-15(25)22-9-11-24(12-10-22)20(27)17-5-7-23(8-6-17)19(26)14-16-3-2-4-18(21)13-16/h2-4,13,17H,5-12,14H2,1H3. The third-order valence-electron chi connectivity index (χ3n) is 5.48. The van der Waals surface area contributed by atoms with Crippen molar-refractivity contribution in [3.05, 3.63) is 35.6 Å². The molecule has 1 aromatic rings. The molecule has 0 radical (unpaired) electrons. The van der Waals surface area contributed by atoms with Gasteiger partial charge in [0.2, 0.25) is 17.7 Å². The van der Waals surface area contributed by atoms with Crippen molar-refractivity contribution >= 4 is 17.7 Å². The number of piperidine rings is 1. The summed E-state index contributed by atoms with van der Waals surface area (Å²) in [5, 5.41) is 0. The van der Waals surface area contributed by atoms with Gasteiger partial charge in [-0.25, -0.2) is 4.39 Å². The summed E-state index contributed by atoms with van der Waals surface area (Å²) >= 11 is 0. The second-order valence-electron chi connectivity index (χ2n) is 7.29. The number of piperazine rings is 1. The first kappa shape index (κ1) is 19.3. The van der Waals surface area contributed by atoms with Crippen LogP contribution in [0, 0.1) is 11.7 Å². The van der Waals surface area contributed by atoms with Gasteiger partial charge in [-0.1, -0.05) is 12.1 Å². The van der Waals surface area contributed by atoms with E-state index in [2.05, 4.69) is 0 Å². The van der Waals surface area contributed by atoms with Crippen molar-refractivity contribution in [2.24, 2.45) is 5.92 Å². The molecule has 0 N–H and O–H groups in total. The molecule has 146 valence electrons. The molecule has 1 aromatic carbocycles. The lowest BCUT2D eigenvalue weighted by Gasteiger charge is -2.38. The highest BCUT2D eigenvalue weighted by molar-refractivity contribution is 5.81. The quantitative estimate of drug-likeness (QED) is 0.800. The fourth-order valence-electron chi connectivity index (χ4n) is 3.81. The molecule has 2 aliphatic rings. The summed E-state index contributed by atoms with van der Waals surface area (Å²) in [6.07, 6.45) is 1.49. The summed E-state index contributed by atoms with van der Waals surface area (Å²) in [6.45, 7) is 5.00. The summed E-state index contributed by atoms with van der Waals surface area (Å²) in [4.78, 5) is 41.9. The molecule has 3 rings (SSSR count). The zero-order chi connectivity index (χ0) is 19.4. The van der Waals surface area contributed by atoms with Gasteiger partial charge in [-0.3, -0.25) is 14.4 Å². The van der Waals surface area contributed by atoms with Crippen molar-refractivity contribution in [1.29, 1.82) is 0 Å². The lowest BCUT2D eigenvalue weighted by Crippen LogP contribution is -2.52. The lowest BCUT2D eigenvalue weighted by atomic mass is 9.94. The molecule has 2 saturated heterocycles. The van der Waals surface area contributed by atoms with E-state index < -0.39 is 0 Å². The van der Waals surface area contributed by atoms with Gasteiger partial charge in [-0.15, -0.1) is 0 Å². The normalized spacial score (nSPS) is 18.5. The summed E-state index contributed by atoms with van der Waals surface area (Å²) in [6, 6.07) is 6.10. The third-order valence-corrected chi connectivity index (χ3v) is 5.48. The average molecular weight is 375 g/mol. The minimum absolute atomic E-state index is 0.0263. The van der Waals surface area contributed by atoms with Crippen LogP contribution in [0.5, 0.6) is 0 Å². The van der Waals surface area contributed by atoms with Gasteiger partial charge in [0, 0.05) is 52.1 Å². The molecule has 0 spiro atoms. The monoisotopic (exact) mass is 375 g/mol. The van der Waals surface area contributed by atoms with E-state index in [0.29, 0.717) is 57.7 Å². The molecule has 7 heteroatoms. The predicted octanol–water partition coefficient (Wildman–Crippen LogP) is 1.30. The highest BCUT2D eigenvalue weighted by Crippen LogP contribution is 2.21. The van der Waals surface area contributed by atoms with E-state index in [4.69, 9.17) is 0 Å². The van der Waals surface area contributed by atoms with E-state index in [1.165, 1.54) is 12.1 Å². The number of benzene rings is 1. The fraction of sp³-hybridized carbons (Fsp3) is 0.550. The van der Waals surface area contributed by atoms with Gasteiger partial charge in [0.25, 0.3) is 0 Å². The van der Waals surface area contributed by atoms with Gasteiger partial charge in [0.05, 0.1) is 6.42 Å². The summed E-state index contributed by atoms with van der Waals surface area (Å²) in [5.74, 6) is -0.245. The molecule has 27 heavy (non-hydrogen) atoms. The minimum atomic E-state index is -0.338. The van der Waals surface area contributed by atoms with Crippen LogP contribution < -0.4 is 0 Å². The Labute approximate surface area is 158 Å². The number of hydrogen-bond acceptors (Lipinski definition) is 3. The van der Waals surface area contributed by atoms with Crippen LogP contribution >= 0.6 is 0 Å². The number of rotatable bonds is 3.